The smallest absolute Gasteiger partial charge is 0.254 e. The summed E-state index contributed by atoms with van der Waals surface area (Å²) in [5.41, 5.74) is 3.05. The highest BCUT2D eigenvalue weighted by molar-refractivity contribution is 5.66. The van der Waals surface area contributed by atoms with Gasteiger partial charge in [-0.05, 0) is 48.4 Å². The van der Waals surface area contributed by atoms with E-state index in [0.29, 0.717) is 5.78 Å². The Kier molecular flexibility index (Phi) is 5.05. The fraction of sp³-hybridized carbons (Fsp3) is 0.190. The lowest BCUT2D eigenvalue weighted by Gasteiger charge is -2.11. The summed E-state index contributed by atoms with van der Waals surface area (Å²) in [4.78, 5) is 8.85. The highest BCUT2D eigenvalue weighted by atomic mass is 16.5. The Hall–Kier alpha value is -3.61. The van der Waals surface area contributed by atoms with Crippen molar-refractivity contribution in [2.24, 2.45) is 0 Å². The van der Waals surface area contributed by atoms with Crippen molar-refractivity contribution in [3.63, 3.8) is 0 Å². The quantitative estimate of drug-likeness (QED) is 0.533. The Labute approximate surface area is 163 Å². The van der Waals surface area contributed by atoms with Crippen LogP contribution in [-0.4, -0.2) is 40.3 Å². The molecule has 0 bridgehead atoms. The zero-order valence-corrected chi connectivity index (χ0v) is 15.8. The van der Waals surface area contributed by atoms with Crippen molar-refractivity contribution in [3.8, 4) is 22.8 Å². The minimum Gasteiger partial charge on any atom is -0.497 e. The molecule has 0 spiro atoms. The topological polar surface area (TPSA) is 73.6 Å². The lowest BCUT2D eigenvalue weighted by molar-refractivity contribution is 0.414. The Morgan fingerprint density at radius 3 is 2.29 bits per heavy atom. The molecule has 0 atom stereocenters. The number of nitrogens with zero attached hydrogens (tertiary/aromatic N) is 4. The van der Waals surface area contributed by atoms with Crippen molar-refractivity contribution in [1.29, 1.82) is 0 Å². The molecule has 0 aliphatic rings. The van der Waals surface area contributed by atoms with E-state index in [-0.39, 0.29) is 0 Å². The minimum absolute atomic E-state index is 0.556. The molecule has 0 unspecified atom stereocenters. The van der Waals surface area contributed by atoms with E-state index in [1.165, 1.54) is 11.9 Å². The first-order chi connectivity index (χ1) is 13.8. The van der Waals surface area contributed by atoms with E-state index in [4.69, 9.17) is 9.47 Å². The van der Waals surface area contributed by atoms with E-state index in [1.807, 2.05) is 42.5 Å². The van der Waals surface area contributed by atoms with Gasteiger partial charge in [0.15, 0.2) is 0 Å². The SMILES string of the molecule is COc1ccc(CCNc2cc(-c3ccc(OC)cc3)nc3ncnn23)cc1. The van der Waals surface area contributed by atoms with Crippen LogP contribution in [0.2, 0.25) is 0 Å². The molecule has 0 saturated heterocycles. The van der Waals surface area contributed by atoms with Gasteiger partial charge in [0.05, 0.1) is 19.9 Å². The molecule has 0 amide bonds. The molecule has 7 heteroatoms. The molecule has 0 saturated carbocycles. The summed E-state index contributed by atoms with van der Waals surface area (Å²) >= 11 is 0. The van der Waals surface area contributed by atoms with Crippen LogP contribution >= 0.6 is 0 Å². The monoisotopic (exact) mass is 375 g/mol. The lowest BCUT2D eigenvalue weighted by Crippen LogP contribution is -2.10. The van der Waals surface area contributed by atoms with Gasteiger partial charge in [-0.3, -0.25) is 0 Å². The summed E-state index contributed by atoms with van der Waals surface area (Å²) in [5.74, 6) is 3.08. The molecular formula is C21H21N5O2. The number of anilines is 1. The summed E-state index contributed by atoms with van der Waals surface area (Å²) in [7, 11) is 3.32. The fourth-order valence-electron chi connectivity index (χ4n) is 2.97. The standard InChI is InChI=1S/C21H21N5O2/c1-27-17-7-3-15(4-8-17)11-12-22-20-13-19(25-21-23-14-24-26(20)21)16-5-9-18(28-2)10-6-16/h3-10,13-14,22H,11-12H2,1-2H3. The van der Waals surface area contributed by atoms with Crippen LogP contribution in [0.5, 0.6) is 11.5 Å². The van der Waals surface area contributed by atoms with Gasteiger partial charge in [0, 0.05) is 18.2 Å². The summed E-state index contributed by atoms with van der Waals surface area (Å²) in [6.07, 6.45) is 2.38. The van der Waals surface area contributed by atoms with Crippen molar-refractivity contribution in [3.05, 3.63) is 66.5 Å². The molecule has 0 fully saturated rings. The van der Waals surface area contributed by atoms with Crippen molar-refractivity contribution in [1.82, 2.24) is 19.6 Å². The Morgan fingerprint density at radius 2 is 1.61 bits per heavy atom. The lowest BCUT2D eigenvalue weighted by atomic mass is 10.1. The second-order valence-electron chi connectivity index (χ2n) is 6.25. The number of ether oxygens (including phenoxy) is 2. The van der Waals surface area contributed by atoms with Gasteiger partial charge in [-0.15, -0.1) is 0 Å². The highest BCUT2D eigenvalue weighted by Gasteiger charge is 2.09. The van der Waals surface area contributed by atoms with E-state index in [1.54, 1.807) is 18.7 Å². The maximum absolute atomic E-state index is 5.23. The van der Waals surface area contributed by atoms with Crippen LogP contribution in [-0.2, 0) is 6.42 Å². The Morgan fingerprint density at radius 1 is 0.929 bits per heavy atom. The van der Waals surface area contributed by atoms with Gasteiger partial charge in [-0.1, -0.05) is 12.1 Å². The van der Waals surface area contributed by atoms with Gasteiger partial charge >= 0.3 is 0 Å². The molecular weight excluding hydrogens is 354 g/mol. The van der Waals surface area contributed by atoms with Crippen molar-refractivity contribution in [2.45, 2.75) is 6.42 Å². The third-order valence-electron chi connectivity index (χ3n) is 4.52. The van der Waals surface area contributed by atoms with E-state index in [0.717, 1.165) is 41.5 Å². The van der Waals surface area contributed by atoms with Crippen LogP contribution in [0.1, 0.15) is 5.56 Å². The largest absolute Gasteiger partial charge is 0.497 e. The Balaban J connectivity index is 1.54. The molecule has 1 N–H and O–H groups in total. The van der Waals surface area contributed by atoms with Gasteiger partial charge in [0.1, 0.15) is 23.6 Å². The first kappa shape index (κ1) is 17.8. The van der Waals surface area contributed by atoms with Gasteiger partial charge in [-0.25, -0.2) is 4.98 Å². The first-order valence-corrected chi connectivity index (χ1v) is 8.99. The zero-order valence-electron chi connectivity index (χ0n) is 15.8. The van der Waals surface area contributed by atoms with Crippen LogP contribution < -0.4 is 14.8 Å². The van der Waals surface area contributed by atoms with Crippen molar-refractivity contribution >= 4 is 11.6 Å². The highest BCUT2D eigenvalue weighted by Crippen LogP contribution is 2.24. The van der Waals surface area contributed by atoms with Crippen LogP contribution in [0.4, 0.5) is 5.82 Å². The van der Waals surface area contributed by atoms with Crippen molar-refractivity contribution < 1.29 is 9.47 Å². The molecule has 0 radical (unpaired) electrons. The fourth-order valence-corrected chi connectivity index (χ4v) is 2.97. The molecule has 4 aromatic rings. The first-order valence-electron chi connectivity index (χ1n) is 8.99. The van der Waals surface area contributed by atoms with E-state index < -0.39 is 0 Å². The molecule has 0 aliphatic heterocycles. The number of methoxy groups -OCH3 is 2. The molecule has 7 nitrogen and oxygen atoms in total. The molecule has 2 heterocycles. The predicted molar refractivity (Wildman–Crippen MR) is 108 cm³/mol. The third kappa shape index (κ3) is 3.73. The van der Waals surface area contributed by atoms with Crippen LogP contribution in [0.25, 0.3) is 17.0 Å². The summed E-state index contributed by atoms with van der Waals surface area (Å²) in [6, 6.07) is 17.9. The normalized spacial score (nSPS) is 10.8. The van der Waals surface area contributed by atoms with E-state index in [9.17, 15) is 0 Å². The molecule has 28 heavy (non-hydrogen) atoms. The van der Waals surface area contributed by atoms with Crippen LogP contribution in [0.3, 0.4) is 0 Å². The number of hydrogen-bond acceptors (Lipinski definition) is 6. The second kappa shape index (κ2) is 7.96. The second-order valence-corrected chi connectivity index (χ2v) is 6.25. The summed E-state index contributed by atoms with van der Waals surface area (Å²) in [5, 5.41) is 7.72. The van der Waals surface area contributed by atoms with Gasteiger partial charge < -0.3 is 14.8 Å². The average Bonchev–Trinajstić information content (AvgIpc) is 3.23. The average molecular weight is 375 g/mol. The van der Waals surface area contributed by atoms with Crippen LogP contribution in [0, 0.1) is 0 Å². The summed E-state index contributed by atoms with van der Waals surface area (Å²) in [6.45, 7) is 0.757. The molecule has 0 aliphatic carbocycles. The number of nitrogens with one attached hydrogen (secondary N) is 1. The summed E-state index contributed by atoms with van der Waals surface area (Å²) < 4.78 is 12.1. The third-order valence-corrected chi connectivity index (χ3v) is 4.52. The number of aromatic nitrogens is 4. The van der Waals surface area contributed by atoms with Crippen LogP contribution in [0.15, 0.2) is 60.9 Å². The number of hydrogen-bond donors (Lipinski definition) is 1. The molecule has 142 valence electrons. The zero-order chi connectivity index (χ0) is 19.3. The predicted octanol–water partition coefficient (Wildman–Crippen LogP) is 3.46. The number of benzene rings is 2. The Bertz CT molecular complexity index is 1060. The van der Waals surface area contributed by atoms with E-state index in [2.05, 4.69) is 32.5 Å². The molecule has 4 rings (SSSR count). The van der Waals surface area contributed by atoms with Gasteiger partial charge in [0.25, 0.3) is 5.78 Å². The molecule has 2 aromatic carbocycles. The minimum atomic E-state index is 0.556. The number of fused-ring (bicyclic) bond motifs is 1. The maximum Gasteiger partial charge on any atom is 0.254 e. The maximum atomic E-state index is 5.23. The van der Waals surface area contributed by atoms with Gasteiger partial charge in [0.2, 0.25) is 0 Å². The van der Waals surface area contributed by atoms with Gasteiger partial charge in [-0.2, -0.15) is 14.6 Å². The van der Waals surface area contributed by atoms with Crippen molar-refractivity contribution in [2.75, 3.05) is 26.1 Å². The number of rotatable bonds is 7. The van der Waals surface area contributed by atoms with E-state index >= 15 is 0 Å². The molecule has 2 aromatic heterocycles.